The van der Waals surface area contributed by atoms with Gasteiger partial charge < -0.3 is 14.8 Å². The fourth-order valence-corrected chi connectivity index (χ4v) is 1.90. The third-order valence-electron chi connectivity index (χ3n) is 2.74. The van der Waals surface area contributed by atoms with E-state index < -0.39 is 0 Å². The molecule has 0 heterocycles. The monoisotopic (exact) mass is 271 g/mol. The SMILES string of the molecule is COc1cc(C)c(C(C)NC(=O)CCl)cc1OC. The van der Waals surface area contributed by atoms with E-state index in [0.717, 1.165) is 11.1 Å². The fraction of sp³-hybridized carbons (Fsp3) is 0.462. The Morgan fingerprint density at radius 1 is 1.33 bits per heavy atom. The number of benzene rings is 1. The van der Waals surface area contributed by atoms with Crippen molar-refractivity contribution in [2.75, 3.05) is 20.1 Å². The van der Waals surface area contributed by atoms with Crippen LogP contribution in [-0.4, -0.2) is 26.0 Å². The van der Waals surface area contributed by atoms with Crippen LogP contribution in [0.4, 0.5) is 0 Å². The number of amides is 1. The Hall–Kier alpha value is -1.42. The van der Waals surface area contributed by atoms with Gasteiger partial charge in [0.05, 0.1) is 20.3 Å². The van der Waals surface area contributed by atoms with Crippen LogP contribution < -0.4 is 14.8 Å². The summed E-state index contributed by atoms with van der Waals surface area (Å²) in [7, 11) is 3.18. The zero-order valence-corrected chi connectivity index (χ0v) is 11.8. The number of alkyl halides is 1. The van der Waals surface area contributed by atoms with Gasteiger partial charge in [-0.25, -0.2) is 0 Å². The number of nitrogens with one attached hydrogen (secondary N) is 1. The summed E-state index contributed by atoms with van der Waals surface area (Å²) in [5.41, 5.74) is 2.00. The van der Waals surface area contributed by atoms with Crippen molar-refractivity contribution in [3.8, 4) is 11.5 Å². The molecule has 5 heteroatoms. The molecule has 1 amide bonds. The Morgan fingerprint density at radius 3 is 2.39 bits per heavy atom. The van der Waals surface area contributed by atoms with Crippen molar-refractivity contribution < 1.29 is 14.3 Å². The lowest BCUT2D eigenvalue weighted by Gasteiger charge is -2.18. The first-order chi connectivity index (χ1) is 8.53. The minimum atomic E-state index is -0.196. The normalized spacial score (nSPS) is 11.8. The van der Waals surface area contributed by atoms with E-state index in [9.17, 15) is 4.79 Å². The quantitative estimate of drug-likeness (QED) is 0.837. The summed E-state index contributed by atoms with van der Waals surface area (Å²) < 4.78 is 10.5. The number of carbonyl (C=O) groups excluding carboxylic acids is 1. The summed E-state index contributed by atoms with van der Waals surface area (Å²) in [6.07, 6.45) is 0. The van der Waals surface area contributed by atoms with Gasteiger partial charge >= 0.3 is 0 Å². The van der Waals surface area contributed by atoms with Gasteiger partial charge in [-0.3, -0.25) is 4.79 Å². The molecule has 0 radical (unpaired) electrons. The second-order valence-electron chi connectivity index (χ2n) is 3.99. The van der Waals surface area contributed by atoms with Crippen LogP contribution in [0.5, 0.6) is 11.5 Å². The molecule has 100 valence electrons. The van der Waals surface area contributed by atoms with Crippen LogP contribution in [0.15, 0.2) is 12.1 Å². The predicted octanol–water partition coefficient (Wildman–Crippen LogP) is 2.43. The lowest BCUT2D eigenvalue weighted by molar-refractivity contribution is -0.119. The number of aryl methyl sites for hydroxylation is 1. The third kappa shape index (κ3) is 3.29. The van der Waals surface area contributed by atoms with E-state index in [1.165, 1.54) is 0 Å². The minimum Gasteiger partial charge on any atom is -0.493 e. The average Bonchev–Trinajstić information content (AvgIpc) is 2.37. The van der Waals surface area contributed by atoms with E-state index in [-0.39, 0.29) is 17.8 Å². The average molecular weight is 272 g/mol. The van der Waals surface area contributed by atoms with Gasteiger partial charge in [0.25, 0.3) is 0 Å². The first-order valence-electron chi connectivity index (χ1n) is 5.61. The van der Waals surface area contributed by atoms with Gasteiger partial charge in [0, 0.05) is 0 Å². The summed E-state index contributed by atoms with van der Waals surface area (Å²) in [5.74, 6) is 1.08. The first-order valence-corrected chi connectivity index (χ1v) is 6.14. The van der Waals surface area contributed by atoms with Gasteiger partial charge in [-0.15, -0.1) is 11.6 Å². The number of carbonyl (C=O) groups is 1. The van der Waals surface area contributed by atoms with Gasteiger partial charge in [-0.1, -0.05) is 0 Å². The molecule has 0 aliphatic heterocycles. The Bertz CT molecular complexity index is 434. The van der Waals surface area contributed by atoms with E-state index in [0.29, 0.717) is 11.5 Å². The summed E-state index contributed by atoms with van der Waals surface area (Å²) in [5, 5.41) is 2.81. The molecule has 0 bridgehead atoms. The highest BCUT2D eigenvalue weighted by molar-refractivity contribution is 6.27. The van der Waals surface area contributed by atoms with Crippen molar-refractivity contribution in [2.45, 2.75) is 19.9 Å². The summed E-state index contributed by atoms with van der Waals surface area (Å²) in [6, 6.07) is 3.63. The molecular weight excluding hydrogens is 254 g/mol. The maximum Gasteiger partial charge on any atom is 0.235 e. The number of halogens is 1. The second-order valence-corrected chi connectivity index (χ2v) is 4.25. The highest BCUT2D eigenvalue weighted by atomic mass is 35.5. The molecule has 0 saturated heterocycles. The van der Waals surface area contributed by atoms with Crippen molar-refractivity contribution in [2.24, 2.45) is 0 Å². The molecule has 0 spiro atoms. The molecule has 0 aromatic heterocycles. The number of methoxy groups -OCH3 is 2. The Kier molecular flexibility index (Phi) is 5.28. The number of hydrogen-bond donors (Lipinski definition) is 1. The Labute approximate surface area is 112 Å². The third-order valence-corrected chi connectivity index (χ3v) is 2.98. The van der Waals surface area contributed by atoms with Crippen molar-refractivity contribution in [3.63, 3.8) is 0 Å². The molecule has 1 aromatic carbocycles. The lowest BCUT2D eigenvalue weighted by atomic mass is 10.0. The Balaban J connectivity index is 3.05. The maximum absolute atomic E-state index is 11.3. The van der Waals surface area contributed by atoms with Gasteiger partial charge in [0.15, 0.2) is 11.5 Å². The molecular formula is C13H18ClNO3. The predicted molar refractivity (Wildman–Crippen MR) is 71.6 cm³/mol. The summed E-state index contributed by atoms with van der Waals surface area (Å²) in [4.78, 5) is 11.3. The van der Waals surface area contributed by atoms with E-state index in [1.54, 1.807) is 14.2 Å². The van der Waals surface area contributed by atoms with Crippen LogP contribution in [0.2, 0.25) is 0 Å². The van der Waals surface area contributed by atoms with Gasteiger partial charge in [-0.05, 0) is 37.1 Å². The molecule has 0 aliphatic rings. The summed E-state index contributed by atoms with van der Waals surface area (Å²) >= 11 is 5.47. The highest BCUT2D eigenvalue weighted by Crippen LogP contribution is 2.32. The molecule has 1 atom stereocenters. The number of rotatable bonds is 5. The first kappa shape index (κ1) is 14.6. The molecule has 0 saturated carbocycles. The zero-order valence-electron chi connectivity index (χ0n) is 11.0. The highest BCUT2D eigenvalue weighted by Gasteiger charge is 2.15. The number of hydrogen-bond acceptors (Lipinski definition) is 3. The van der Waals surface area contributed by atoms with Crippen LogP contribution in [0.25, 0.3) is 0 Å². The second kappa shape index (κ2) is 6.50. The summed E-state index contributed by atoms with van der Waals surface area (Å²) in [6.45, 7) is 3.86. The van der Waals surface area contributed by atoms with Crippen LogP contribution in [-0.2, 0) is 4.79 Å². The molecule has 1 rings (SSSR count). The molecule has 1 N–H and O–H groups in total. The van der Waals surface area contributed by atoms with Crippen molar-refractivity contribution in [3.05, 3.63) is 23.3 Å². The van der Waals surface area contributed by atoms with E-state index in [4.69, 9.17) is 21.1 Å². The van der Waals surface area contributed by atoms with Gasteiger partial charge in [0.2, 0.25) is 5.91 Å². The largest absolute Gasteiger partial charge is 0.493 e. The van der Waals surface area contributed by atoms with E-state index in [2.05, 4.69) is 5.32 Å². The zero-order chi connectivity index (χ0) is 13.7. The topological polar surface area (TPSA) is 47.6 Å². The van der Waals surface area contributed by atoms with Crippen LogP contribution >= 0.6 is 11.6 Å². The van der Waals surface area contributed by atoms with Crippen LogP contribution in [0, 0.1) is 6.92 Å². The molecule has 1 aromatic rings. The molecule has 4 nitrogen and oxygen atoms in total. The van der Waals surface area contributed by atoms with E-state index >= 15 is 0 Å². The molecule has 0 fully saturated rings. The van der Waals surface area contributed by atoms with Crippen molar-refractivity contribution in [1.29, 1.82) is 0 Å². The Morgan fingerprint density at radius 2 is 1.89 bits per heavy atom. The number of ether oxygens (including phenoxy) is 2. The standard InChI is InChI=1S/C13H18ClNO3/c1-8-5-11(17-3)12(18-4)6-10(8)9(2)15-13(16)7-14/h5-6,9H,7H2,1-4H3,(H,15,16). The van der Waals surface area contributed by atoms with Gasteiger partial charge in [-0.2, -0.15) is 0 Å². The molecule has 0 aliphatic carbocycles. The maximum atomic E-state index is 11.3. The van der Waals surface area contributed by atoms with Crippen molar-refractivity contribution >= 4 is 17.5 Å². The minimum absolute atomic E-state index is 0.0450. The smallest absolute Gasteiger partial charge is 0.235 e. The van der Waals surface area contributed by atoms with Crippen molar-refractivity contribution in [1.82, 2.24) is 5.32 Å². The van der Waals surface area contributed by atoms with Gasteiger partial charge in [0.1, 0.15) is 5.88 Å². The molecule has 1 unspecified atom stereocenters. The van der Waals surface area contributed by atoms with Crippen LogP contribution in [0.1, 0.15) is 24.1 Å². The van der Waals surface area contributed by atoms with E-state index in [1.807, 2.05) is 26.0 Å². The lowest BCUT2D eigenvalue weighted by Crippen LogP contribution is -2.28. The fourth-order valence-electron chi connectivity index (χ4n) is 1.82. The van der Waals surface area contributed by atoms with Crippen LogP contribution in [0.3, 0.4) is 0 Å². The molecule has 18 heavy (non-hydrogen) atoms.